The molecule has 4 rings (SSSR count). The van der Waals surface area contributed by atoms with Crippen molar-refractivity contribution >= 4 is 22.8 Å². The molecule has 1 aliphatic rings. The Balaban J connectivity index is 1.49. The minimum atomic E-state index is -0.0775. The highest BCUT2D eigenvalue weighted by atomic mass is 16.5. The van der Waals surface area contributed by atoms with Crippen LogP contribution in [0.4, 0.5) is 5.82 Å². The molecule has 1 atom stereocenters. The third kappa shape index (κ3) is 4.53. The molecule has 0 saturated carbocycles. The average Bonchev–Trinajstić information content (AvgIpc) is 2.77. The van der Waals surface area contributed by atoms with Crippen LogP contribution in [-0.4, -0.2) is 35.6 Å². The van der Waals surface area contributed by atoms with Crippen molar-refractivity contribution in [1.82, 2.24) is 15.3 Å². The number of fused-ring (bicyclic) bond motifs is 1. The van der Waals surface area contributed by atoms with Gasteiger partial charge in [-0.05, 0) is 44.4 Å². The molecule has 0 radical (unpaired) electrons. The monoisotopic (exact) mass is 404 g/mol. The number of amides is 1. The molecule has 0 unspecified atom stereocenters. The number of carbonyl (C=O) groups is 1. The summed E-state index contributed by atoms with van der Waals surface area (Å²) in [6.07, 6.45) is 1.81. The van der Waals surface area contributed by atoms with Crippen LogP contribution in [0.25, 0.3) is 11.0 Å². The van der Waals surface area contributed by atoms with Crippen molar-refractivity contribution in [2.24, 2.45) is 5.92 Å². The lowest BCUT2D eigenvalue weighted by molar-refractivity contribution is -0.125. The summed E-state index contributed by atoms with van der Waals surface area (Å²) < 4.78 is 5.79. The van der Waals surface area contributed by atoms with Crippen molar-refractivity contribution in [1.29, 1.82) is 0 Å². The van der Waals surface area contributed by atoms with Crippen LogP contribution in [0.1, 0.15) is 30.9 Å². The predicted molar refractivity (Wildman–Crippen MR) is 119 cm³/mol. The molecule has 0 spiro atoms. The molecule has 3 aromatic rings. The number of anilines is 1. The SMILES string of the molecule is CCOc1nc2ccccc2nc1N1CCC[C@@H](C(=O)NCc2cccc(C)c2)C1. The zero-order valence-corrected chi connectivity index (χ0v) is 17.6. The van der Waals surface area contributed by atoms with E-state index in [4.69, 9.17) is 9.72 Å². The molecule has 2 aromatic carbocycles. The van der Waals surface area contributed by atoms with Crippen molar-refractivity contribution in [2.75, 3.05) is 24.6 Å². The normalized spacial score (nSPS) is 16.5. The summed E-state index contributed by atoms with van der Waals surface area (Å²) in [5, 5.41) is 3.10. The van der Waals surface area contributed by atoms with Crippen molar-refractivity contribution in [2.45, 2.75) is 33.2 Å². The molecule has 0 aliphatic carbocycles. The largest absolute Gasteiger partial charge is 0.475 e. The topological polar surface area (TPSA) is 67.4 Å². The van der Waals surface area contributed by atoms with E-state index in [0.717, 1.165) is 41.8 Å². The molecule has 1 saturated heterocycles. The number of piperidine rings is 1. The fraction of sp³-hybridized carbons (Fsp3) is 0.375. The van der Waals surface area contributed by atoms with Crippen LogP contribution < -0.4 is 15.0 Å². The molecule has 2 heterocycles. The molecule has 6 heteroatoms. The molecule has 30 heavy (non-hydrogen) atoms. The molecule has 1 amide bonds. The second kappa shape index (κ2) is 9.11. The molecule has 6 nitrogen and oxygen atoms in total. The van der Waals surface area contributed by atoms with Crippen molar-refractivity contribution in [3.63, 3.8) is 0 Å². The summed E-state index contributed by atoms with van der Waals surface area (Å²) in [6, 6.07) is 16.0. The van der Waals surface area contributed by atoms with E-state index in [9.17, 15) is 4.79 Å². The summed E-state index contributed by atoms with van der Waals surface area (Å²) in [7, 11) is 0. The first-order valence-electron chi connectivity index (χ1n) is 10.6. The fourth-order valence-corrected chi connectivity index (χ4v) is 3.95. The van der Waals surface area contributed by atoms with Crippen LogP contribution >= 0.6 is 0 Å². The Morgan fingerprint density at radius 3 is 2.73 bits per heavy atom. The fourth-order valence-electron chi connectivity index (χ4n) is 3.95. The maximum atomic E-state index is 12.9. The maximum absolute atomic E-state index is 12.9. The van der Waals surface area contributed by atoms with Crippen molar-refractivity contribution in [3.8, 4) is 5.88 Å². The number of rotatable bonds is 6. The van der Waals surface area contributed by atoms with E-state index < -0.39 is 0 Å². The lowest BCUT2D eigenvalue weighted by Gasteiger charge is -2.33. The molecular weight excluding hydrogens is 376 g/mol. The van der Waals surface area contributed by atoms with E-state index in [-0.39, 0.29) is 11.8 Å². The van der Waals surface area contributed by atoms with Crippen LogP contribution in [0.5, 0.6) is 5.88 Å². The van der Waals surface area contributed by atoms with Gasteiger partial charge in [0.2, 0.25) is 5.91 Å². The van der Waals surface area contributed by atoms with Crippen LogP contribution in [-0.2, 0) is 11.3 Å². The van der Waals surface area contributed by atoms with E-state index in [0.29, 0.717) is 25.6 Å². The number of hydrogen-bond acceptors (Lipinski definition) is 5. The molecule has 1 N–H and O–H groups in total. The second-order valence-corrected chi connectivity index (χ2v) is 7.77. The Labute approximate surface area is 177 Å². The lowest BCUT2D eigenvalue weighted by Crippen LogP contribution is -2.43. The predicted octanol–water partition coefficient (Wildman–Crippen LogP) is 3.87. The van der Waals surface area contributed by atoms with E-state index >= 15 is 0 Å². The van der Waals surface area contributed by atoms with Crippen molar-refractivity contribution in [3.05, 3.63) is 59.7 Å². The number of benzene rings is 2. The van der Waals surface area contributed by atoms with Gasteiger partial charge in [-0.1, -0.05) is 42.0 Å². The number of para-hydroxylation sites is 2. The Kier molecular flexibility index (Phi) is 6.12. The molecular formula is C24H28N4O2. The van der Waals surface area contributed by atoms with Gasteiger partial charge in [0.05, 0.1) is 23.6 Å². The van der Waals surface area contributed by atoms with Crippen LogP contribution in [0.3, 0.4) is 0 Å². The number of aryl methyl sites for hydroxylation is 1. The minimum Gasteiger partial charge on any atom is -0.475 e. The quantitative estimate of drug-likeness (QED) is 0.676. The summed E-state index contributed by atoms with van der Waals surface area (Å²) in [4.78, 5) is 24.5. The molecule has 0 bridgehead atoms. The highest BCUT2D eigenvalue weighted by Gasteiger charge is 2.28. The van der Waals surface area contributed by atoms with Gasteiger partial charge in [-0.3, -0.25) is 4.79 Å². The molecule has 1 aromatic heterocycles. The summed E-state index contributed by atoms with van der Waals surface area (Å²) in [6.45, 7) is 6.54. The Bertz CT molecular complexity index is 1040. The van der Waals surface area contributed by atoms with Crippen LogP contribution in [0.2, 0.25) is 0 Å². The summed E-state index contributed by atoms with van der Waals surface area (Å²) in [5.74, 6) is 1.28. The van der Waals surface area contributed by atoms with Gasteiger partial charge >= 0.3 is 0 Å². The van der Waals surface area contributed by atoms with Gasteiger partial charge in [-0.15, -0.1) is 0 Å². The summed E-state index contributed by atoms with van der Waals surface area (Å²) in [5.41, 5.74) is 3.97. The molecule has 156 valence electrons. The number of ether oxygens (including phenoxy) is 1. The smallest absolute Gasteiger partial charge is 0.258 e. The Morgan fingerprint density at radius 1 is 1.17 bits per heavy atom. The van der Waals surface area contributed by atoms with Crippen LogP contribution in [0, 0.1) is 12.8 Å². The van der Waals surface area contributed by atoms with E-state index in [1.54, 1.807) is 0 Å². The minimum absolute atomic E-state index is 0.0775. The van der Waals surface area contributed by atoms with Crippen molar-refractivity contribution < 1.29 is 9.53 Å². The zero-order chi connectivity index (χ0) is 20.9. The standard InChI is InChI=1S/C24H28N4O2/c1-3-30-24-22(26-20-11-4-5-12-21(20)27-24)28-13-7-10-19(16-28)23(29)25-15-18-9-6-8-17(2)14-18/h4-6,8-9,11-12,14,19H,3,7,10,13,15-16H2,1-2H3,(H,25,29)/t19-/m1/s1. The van der Waals surface area contributed by atoms with Gasteiger partial charge in [-0.2, -0.15) is 0 Å². The van der Waals surface area contributed by atoms with Gasteiger partial charge in [0.25, 0.3) is 5.88 Å². The highest BCUT2D eigenvalue weighted by Crippen LogP contribution is 2.30. The van der Waals surface area contributed by atoms with E-state index in [1.165, 1.54) is 5.56 Å². The van der Waals surface area contributed by atoms with Gasteiger partial charge in [0.1, 0.15) is 0 Å². The lowest BCUT2D eigenvalue weighted by atomic mass is 9.97. The maximum Gasteiger partial charge on any atom is 0.258 e. The second-order valence-electron chi connectivity index (χ2n) is 7.77. The first-order valence-corrected chi connectivity index (χ1v) is 10.6. The number of aromatic nitrogens is 2. The van der Waals surface area contributed by atoms with Gasteiger partial charge in [0, 0.05) is 19.6 Å². The highest BCUT2D eigenvalue weighted by molar-refractivity contribution is 5.80. The third-order valence-electron chi connectivity index (χ3n) is 5.44. The average molecular weight is 405 g/mol. The third-order valence-corrected chi connectivity index (χ3v) is 5.44. The first-order chi connectivity index (χ1) is 14.6. The zero-order valence-electron chi connectivity index (χ0n) is 17.6. The molecule has 1 aliphatic heterocycles. The Morgan fingerprint density at radius 2 is 1.97 bits per heavy atom. The number of nitrogens with zero attached hydrogens (tertiary/aromatic N) is 3. The number of carbonyl (C=O) groups excluding carboxylic acids is 1. The Hall–Kier alpha value is -3.15. The van der Waals surface area contributed by atoms with Crippen LogP contribution in [0.15, 0.2) is 48.5 Å². The van der Waals surface area contributed by atoms with Gasteiger partial charge in [0.15, 0.2) is 5.82 Å². The number of hydrogen-bond donors (Lipinski definition) is 1. The first kappa shape index (κ1) is 20.1. The van der Waals surface area contributed by atoms with E-state index in [1.807, 2.05) is 43.3 Å². The summed E-state index contributed by atoms with van der Waals surface area (Å²) >= 11 is 0. The molecule has 1 fully saturated rings. The van der Waals surface area contributed by atoms with Gasteiger partial charge < -0.3 is 15.0 Å². The number of nitrogens with one attached hydrogen (secondary N) is 1. The van der Waals surface area contributed by atoms with Gasteiger partial charge in [-0.25, -0.2) is 9.97 Å². The van der Waals surface area contributed by atoms with E-state index in [2.05, 4.69) is 34.3 Å².